The fraction of sp³-hybridized carbons (Fsp3) is 1.00. The molecule has 2 rings (SSSR count). The lowest BCUT2D eigenvalue weighted by Crippen LogP contribution is -2.45. The number of rotatable bonds is 0. The van der Waals surface area contributed by atoms with Crippen LogP contribution in [0.3, 0.4) is 0 Å². The van der Waals surface area contributed by atoms with Gasteiger partial charge in [0.1, 0.15) is 0 Å². The summed E-state index contributed by atoms with van der Waals surface area (Å²) >= 11 is 3.71. The van der Waals surface area contributed by atoms with E-state index in [2.05, 4.69) is 36.7 Å². The van der Waals surface area contributed by atoms with E-state index in [-0.39, 0.29) is 15.8 Å². The minimum absolute atomic E-state index is 0.0330. The van der Waals surface area contributed by atoms with Crippen LogP contribution in [0, 0.1) is 10.8 Å². The fourth-order valence-corrected chi connectivity index (χ4v) is 4.46. The minimum atomic E-state index is -0.177. The van der Waals surface area contributed by atoms with Crippen LogP contribution in [0.4, 0.5) is 0 Å². The summed E-state index contributed by atoms with van der Waals surface area (Å²) in [7, 11) is 0. The van der Waals surface area contributed by atoms with E-state index in [1.54, 1.807) is 0 Å². The first-order valence-corrected chi connectivity index (χ1v) is 5.48. The maximum Gasteiger partial charge on any atom is 0.0749 e. The van der Waals surface area contributed by atoms with Crippen molar-refractivity contribution in [3.05, 3.63) is 0 Å². The van der Waals surface area contributed by atoms with Gasteiger partial charge in [-0.15, -0.1) is 0 Å². The molecule has 0 amide bonds. The molecule has 0 aromatic heterocycles. The van der Waals surface area contributed by atoms with E-state index in [0.29, 0.717) is 5.41 Å². The molecule has 2 fully saturated rings. The Labute approximate surface area is 82.7 Å². The van der Waals surface area contributed by atoms with Crippen LogP contribution in [0.15, 0.2) is 0 Å². The Kier molecular flexibility index (Phi) is 1.57. The number of halogens is 1. The van der Waals surface area contributed by atoms with Gasteiger partial charge in [-0.25, -0.2) is 0 Å². The molecular formula is C10H17BrO. The van der Waals surface area contributed by atoms with Crippen LogP contribution in [0.2, 0.25) is 0 Å². The Hall–Kier alpha value is 0.440. The van der Waals surface area contributed by atoms with Crippen LogP contribution in [0.25, 0.3) is 0 Å². The first-order chi connectivity index (χ1) is 5.32. The van der Waals surface area contributed by atoms with Crippen LogP contribution in [0.5, 0.6) is 0 Å². The van der Waals surface area contributed by atoms with Crippen molar-refractivity contribution in [2.75, 3.05) is 0 Å². The third kappa shape index (κ3) is 0.784. The summed E-state index contributed by atoms with van der Waals surface area (Å²) in [4.78, 5) is 0. The van der Waals surface area contributed by atoms with Crippen molar-refractivity contribution in [2.45, 2.75) is 50.5 Å². The summed E-state index contributed by atoms with van der Waals surface area (Å²) < 4.78 is 0.0330. The predicted molar refractivity (Wildman–Crippen MR) is 53.4 cm³/mol. The van der Waals surface area contributed by atoms with Crippen molar-refractivity contribution in [3.63, 3.8) is 0 Å². The average molecular weight is 233 g/mol. The van der Waals surface area contributed by atoms with E-state index in [1.165, 1.54) is 6.42 Å². The van der Waals surface area contributed by atoms with Crippen molar-refractivity contribution in [1.82, 2.24) is 0 Å². The van der Waals surface area contributed by atoms with Crippen molar-refractivity contribution in [3.8, 4) is 0 Å². The number of aliphatic hydroxyl groups is 1. The molecule has 0 aliphatic heterocycles. The van der Waals surface area contributed by atoms with E-state index >= 15 is 0 Å². The summed E-state index contributed by atoms with van der Waals surface area (Å²) in [5.41, 5.74) is 0.421. The summed E-state index contributed by atoms with van der Waals surface area (Å²) in [5, 5.41) is 10.1. The van der Waals surface area contributed by atoms with Gasteiger partial charge in [-0.2, -0.15) is 0 Å². The van der Waals surface area contributed by atoms with Gasteiger partial charge in [0.05, 0.1) is 10.4 Å². The monoisotopic (exact) mass is 232 g/mol. The maximum atomic E-state index is 10.1. The summed E-state index contributed by atoms with van der Waals surface area (Å²) in [6.45, 7) is 6.70. The lowest BCUT2D eigenvalue weighted by atomic mass is 9.65. The van der Waals surface area contributed by atoms with Gasteiger partial charge in [0.2, 0.25) is 0 Å². The van der Waals surface area contributed by atoms with E-state index in [0.717, 1.165) is 12.8 Å². The Morgan fingerprint density at radius 3 is 2.08 bits per heavy atom. The van der Waals surface area contributed by atoms with E-state index in [9.17, 15) is 5.11 Å². The average Bonchev–Trinajstić information content (AvgIpc) is 2.32. The van der Waals surface area contributed by atoms with Crippen molar-refractivity contribution in [1.29, 1.82) is 0 Å². The van der Waals surface area contributed by atoms with Crippen LogP contribution in [-0.4, -0.2) is 15.5 Å². The SMILES string of the molecule is CC1(C)[C@@H](O)[C@]2(Br)CC[C@@]1(C)C2. The second kappa shape index (κ2) is 2.09. The molecule has 2 heteroatoms. The van der Waals surface area contributed by atoms with Crippen LogP contribution in [0.1, 0.15) is 40.0 Å². The number of aliphatic hydroxyl groups excluding tert-OH is 1. The van der Waals surface area contributed by atoms with Crippen molar-refractivity contribution < 1.29 is 5.11 Å². The zero-order chi connectivity index (χ0) is 9.20. The molecular weight excluding hydrogens is 216 g/mol. The zero-order valence-electron chi connectivity index (χ0n) is 8.02. The highest BCUT2D eigenvalue weighted by molar-refractivity contribution is 9.10. The lowest BCUT2D eigenvalue weighted by Gasteiger charge is -2.43. The zero-order valence-corrected chi connectivity index (χ0v) is 9.61. The molecule has 0 saturated heterocycles. The van der Waals surface area contributed by atoms with Gasteiger partial charge in [-0.3, -0.25) is 0 Å². The molecule has 3 atom stereocenters. The smallest absolute Gasteiger partial charge is 0.0749 e. The summed E-state index contributed by atoms with van der Waals surface area (Å²) in [6.07, 6.45) is 3.34. The molecule has 2 bridgehead atoms. The molecule has 12 heavy (non-hydrogen) atoms. The van der Waals surface area contributed by atoms with E-state index in [1.807, 2.05) is 0 Å². The van der Waals surface area contributed by atoms with Crippen molar-refractivity contribution >= 4 is 15.9 Å². The molecule has 2 aliphatic rings. The Bertz CT molecular complexity index is 223. The van der Waals surface area contributed by atoms with E-state index in [4.69, 9.17) is 0 Å². The van der Waals surface area contributed by atoms with Gasteiger partial charge in [0.25, 0.3) is 0 Å². The molecule has 1 nitrogen and oxygen atoms in total. The van der Waals surface area contributed by atoms with Crippen LogP contribution < -0.4 is 0 Å². The highest BCUT2D eigenvalue weighted by atomic mass is 79.9. The highest BCUT2D eigenvalue weighted by Crippen LogP contribution is 2.68. The maximum absolute atomic E-state index is 10.1. The predicted octanol–water partition coefficient (Wildman–Crippen LogP) is 2.71. The number of fused-ring (bicyclic) bond motifs is 2. The van der Waals surface area contributed by atoms with Crippen molar-refractivity contribution in [2.24, 2.45) is 10.8 Å². The Balaban J connectivity index is 2.44. The molecule has 0 heterocycles. The van der Waals surface area contributed by atoms with Gasteiger partial charge in [-0.1, -0.05) is 36.7 Å². The van der Waals surface area contributed by atoms with E-state index < -0.39 is 0 Å². The fourth-order valence-electron chi connectivity index (χ4n) is 3.07. The van der Waals surface area contributed by atoms with Crippen LogP contribution in [-0.2, 0) is 0 Å². The quantitative estimate of drug-likeness (QED) is 0.638. The lowest BCUT2D eigenvalue weighted by molar-refractivity contribution is -0.0218. The summed E-state index contributed by atoms with van der Waals surface area (Å²) in [5.74, 6) is 0. The molecule has 1 N–H and O–H groups in total. The number of alkyl halides is 1. The Morgan fingerprint density at radius 2 is 1.83 bits per heavy atom. The van der Waals surface area contributed by atoms with Gasteiger partial charge < -0.3 is 5.11 Å². The topological polar surface area (TPSA) is 20.2 Å². The van der Waals surface area contributed by atoms with Crippen LogP contribution >= 0.6 is 15.9 Å². The highest BCUT2D eigenvalue weighted by Gasteiger charge is 2.66. The molecule has 0 radical (unpaired) electrons. The molecule has 2 aliphatic carbocycles. The van der Waals surface area contributed by atoms with Gasteiger partial charge in [0, 0.05) is 0 Å². The molecule has 0 aromatic rings. The van der Waals surface area contributed by atoms with Gasteiger partial charge >= 0.3 is 0 Å². The minimum Gasteiger partial charge on any atom is -0.391 e. The second-order valence-electron chi connectivity index (χ2n) is 5.40. The molecule has 0 unspecified atom stereocenters. The third-order valence-electron chi connectivity index (χ3n) is 4.51. The van der Waals surface area contributed by atoms with Gasteiger partial charge in [0.15, 0.2) is 0 Å². The standard InChI is InChI=1S/C10H17BrO/c1-8(2)7(12)10(11)5-4-9(8,3)6-10/h7,12H,4-6H2,1-3H3/t7-,9+,10+/m1/s1. The third-order valence-corrected chi connectivity index (χ3v) is 5.62. The molecule has 2 saturated carbocycles. The van der Waals surface area contributed by atoms with Gasteiger partial charge in [-0.05, 0) is 30.1 Å². The number of hydrogen-bond donors (Lipinski definition) is 1. The number of hydrogen-bond acceptors (Lipinski definition) is 1. The first kappa shape index (κ1) is 9.01. The Morgan fingerprint density at radius 1 is 1.25 bits per heavy atom. The normalized spacial score (nSPS) is 56.2. The largest absolute Gasteiger partial charge is 0.391 e. The molecule has 70 valence electrons. The second-order valence-corrected chi connectivity index (χ2v) is 6.98. The first-order valence-electron chi connectivity index (χ1n) is 4.69. The molecule has 0 spiro atoms. The molecule has 0 aromatic carbocycles. The summed E-state index contributed by atoms with van der Waals surface area (Å²) in [6, 6.07) is 0.